The lowest BCUT2D eigenvalue weighted by atomic mass is 9.73. The van der Waals surface area contributed by atoms with E-state index in [1.54, 1.807) is 0 Å². The minimum absolute atomic E-state index is 0.0224. The predicted octanol–water partition coefficient (Wildman–Crippen LogP) is 5.53. The van der Waals surface area contributed by atoms with E-state index < -0.39 is 11.9 Å². The number of aliphatic carboxylic acids is 2. The number of carboxylic acid groups (broad SMARTS) is 2. The molecular weight excluding hydrogens is 528 g/mol. The summed E-state index contributed by atoms with van der Waals surface area (Å²) < 4.78 is 0. The summed E-state index contributed by atoms with van der Waals surface area (Å²) in [5, 5.41) is 19.5. The Kier molecular flexibility index (Phi) is 7.95. The van der Waals surface area contributed by atoms with Crippen molar-refractivity contribution in [1.29, 1.82) is 0 Å². The second kappa shape index (κ2) is 11.8. The molecule has 4 bridgehead atoms. The number of likely N-dealkylation sites (tertiary alicyclic amines) is 1. The lowest BCUT2D eigenvalue weighted by Crippen LogP contribution is -2.61. The molecule has 5 fully saturated rings. The first kappa shape index (κ1) is 28.2. The van der Waals surface area contributed by atoms with E-state index in [1.807, 2.05) is 15.9 Å². The highest BCUT2D eigenvalue weighted by Crippen LogP contribution is 2.50. The molecule has 6 atom stereocenters. The van der Waals surface area contributed by atoms with E-state index in [1.165, 1.54) is 69.8 Å². The predicted molar refractivity (Wildman–Crippen MR) is 164 cm³/mol. The van der Waals surface area contributed by atoms with Crippen molar-refractivity contribution in [3.05, 3.63) is 35.7 Å². The Hall–Kier alpha value is -2.58. The number of hydrogen-bond donors (Lipinski definition) is 2. The van der Waals surface area contributed by atoms with Gasteiger partial charge in [-0.05, 0) is 93.9 Å². The van der Waals surface area contributed by atoms with Crippen LogP contribution in [0.2, 0.25) is 0 Å². The van der Waals surface area contributed by atoms with Crippen LogP contribution in [0.4, 0.5) is 11.4 Å². The highest BCUT2D eigenvalue weighted by atomic mass is 16.4. The summed E-state index contributed by atoms with van der Waals surface area (Å²) in [7, 11) is 0. The van der Waals surface area contributed by atoms with Crippen LogP contribution in [0.15, 0.2) is 35.7 Å². The SMILES string of the molecule is O=C(O)CN1CCC/C(=C2/N(CC(=O)O)c3ccccc3N2C2CC3CCC[C@@H](C2)N3C2C[C@H]3CCCC[C@@H](C2)C3)C1. The fourth-order valence-electron chi connectivity index (χ4n) is 10.0. The van der Waals surface area contributed by atoms with Crippen LogP contribution in [-0.4, -0.2) is 82.3 Å². The summed E-state index contributed by atoms with van der Waals surface area (Å²) in [6, 6.07) is 10.6. The number of fused-ring (bicyclic) bond motifs is 5. The van der Waals surface area contributed by atoms with Crippen molar-refractivity contribution in [3.8, 4) is 0 Å². The molecule has 2 N–H and O–H groups in total. The number of hydrogen-bond acceptors (Lipinski definition) is 6. The Morgan fingerprint density at radius 2 is 1.38 bits per heavy atom. The van der Waals surface area contributed by atoms with Gasteiger partial charge in [0.05, 0.1) is 17.9 Å². The van der Waals surface area contributed by atoms with Crippen LogP contribution in [0.1, 0.15) is 89.9 Å². The lowest BCUT2D eigenvalue weighted by molar-refractivity contribution is -0.138. The van der Waals surface area contributed by atoms with Gasteiger partial charge in [-0.25, -0.2) is 0 Å². The molecule has 0 spiro atoms. The van der Waals surface area contributed by atoms with E-state index >= 15 is 0 Å². The van der Waals surface area contributed by atoms with Gasteiger partial charge in [-0.15, -0.1) is 0 Å². The molecular formula is C34H48N4O4. The molecule has 42 heavy (non-hydrogen) atoms. The van der Waals surface area contributed by atoms with Gasteiger partial charge in [0, 0.05) is 30.7 Å². The molecule has 1 aromatic rings. The molecule has 0 aromatic heterocycles. The van der Waals surface area contributed by atoms with E-state index in [4.69, 9.17) is 0 Å². The van der Waals surface area contributed by atoms with Crippen molar-refractivity contribution >= 4 is 23.3 Å². The maximum absolute atomic E-state index is 12.2. The largest absolute Gasteiger partial charge is 0.480 e. The summed E-state index contributed by atoms with van der Waals surface area (Å²) in [4.78, 5) is 33.3. The van der Waals surface area contributed by atoms with Crippen LogP contribution in [-0.2, 0) is 9.59 Å². The Bertz CT molecular complexity index is 1190. The first-order chi connectivity index (χ1) is 20.4. The number of carbonyl (C=O) groups is 2. The molecule has 3 unspecified atom stereocenters. The maximum Gasteiger partial charge on any atom is 0.323 e. The summed E-state index contributed by atoms with van der Waals surface area (Å²) >= 11 is 0. The molecule has 8 heteroatoms. The van der Waals surface area contributed by atoms with Crippen molar-refractivity contribution in [2.45, 2.75) is 114 Å². The molecule has 3 saturated heterocycles. The van der Waals surface area contributed by atoms with Gasteiger partial charge in [0.2, 0.25) is 0 Å². The molecule has 6 aliphatic rings. The zero-order valence-corrected chi connectivity index (χ0v) is 25.0. The normalized spacial score (nSPS) is 35.5. The molecule has 0 radical (unpaired) electrons. The number of nitrogens with zero attached hydrogens (tertiary/aromatic N) is 4. The molecule has 1 aromatic carbocycles. The number of rotatable bonds is 6. The van der Waals surface area contributed by atoms with Crippen LogP contribution >= 0.6 is 0 Å². The number of benzene rings is 1. The fraction of sp³-hybridized carbons (Fsp3) is 0.706. The zero-order valence-electron chi connectivity index (χ0n) is 25.0. The van der Waals surface area contributed by atoms with E-state index in [9.17, 15) is 19.8 Å². The van der Waals surface area contributed by atoms with Crippen LogP contribution in [0.3, 0.4) is 0 Å². The summed E-state index contributed by atoms with van der Waals surface area (Å²) in [6.45, 7) is 1.29. The molecule has 228 valence electrons. The monoisotopic (exact) mass is 576 g/mol. The first-order valence-electron chi connectivity index (χ1n) is 16.8. The van der Waals surface area contributed by atoms with Crippen molar-refractivity contribution in [3.63, 3.8) is 0 Å². The van der Waals surface area contributed by atoms with Crippen LogP contribution in [0, 0.1) is 11.8 Å². The summed E-state index contributed by atoms with van der Waals surface area (Å²) in [6.07, 6.45) is 17.8. The third-order valence-electron chi connectivity index (χ3n) is 11.4. The Balaban J connectivity index is 1.21. The van der Waals surface area contributed by atoms with Gasteiger partial charge in [-0.1, -0.05) is 44.2 Å². The smallest absolute Gasteiger partial charge is 0.323 e. The second-order valence-electron chi connectivity index (χ2n) is 14.2. The van der Waals surface area contributed by atoms with Gasteiger partial charge in [0.25, 0.3) is 0 Å². The van der Waals surface area contributed by atoms with Gasteiger partial charge in [-0.3, -0.25) is 19.4 Å². The van der Waals surface area contributed by atoms with E-state index in [-0.39, 0.29) is 13.1 Å². The van der Waals surface area contributed by atoms with E-state index in [2.05, 4.69) is 28.0 Å². The van der Waals surface area contributed by atoms with Crippen molar-refractivity contribution < 1.29 is 19.8 Å². The third kappa shape index (κ3) is 5.45. The highest BCUT2D eigenvalue weighted by Gasteiger charge is 2.48. The molecule has 4 aliphatic heterocycles. The molecule has 8 nitrogen and oxygen atoms in total. The average molecular weight is 577 g/mol. The molecule has 0 amide bonds. The number of anilines is 2. The van der Waals surface area contributed by atoms with Crippen molar-refractivity contribution in [2.24, 2.45) is 11.8 Å². The molecule has 4 heterocycles. The van der Waals surface area contributed by atoms with Gasteiger partial charge >= 0.3 is 11.9 Å². The van der Waals surface area contributed by atoms with Gasteiger partial charge in [0.15, 0.2) is 0 Å². The van der Waals surface area contributed by atoms with Crippen molar-refractivity contribution in [1.82, 2.24) is 9.80 Å². The summed E-state index contributed by atoms with van der Waals surface area (Å²) in [5.74, 6) is 1.21. The number of piperidine rings is 3. The number of carboxylic acids is 2. The third-order valence-corrected chi connectivity index (χ3v) is 11.4. The number of para-hydroxylation sites is 2. The van der Waals surface area contributed by atoms with Gasteiger partial charge in [-0.2, -0.15) is 0 Å². The standard InChI is InChI=1S/C34H48N4O4/c39-32(40)21-35-14-6-9-25(20-35)34-36(22-33(41)42)30-12-3-4-13-31(30)38(34)29-18-26-10-5-11-27(19-29)37(26)28-16-23-7-1-2-8-24(15-23)17-28/h3-4,12-13,23-24,26-29H,1-2,5-11,14-22H2,(H,39,40)(H,41,42)/b34-25+/t23-,24+,26-,27?,28?,29?/m0/s1. The minimum Gasteiger partial charge on any atom is -0.480 e. The highest BCUT2D eigenvalue weighted by molar-refractivity contribution is 5.88. The molecule has 2 aliphatic carbocycles. The van der Waals surface area contributed by atoms with Gasteiger partial charge in [0.1, 0.15) is 12.4 Å². The van der Waals surface area contributed by atoms with Crippen LogP contribution in [0.5, 0.6) is 0 Å². The minimum atomic E-state index is -0.839. The lowest BCUT2D eigenvalue weighted by Gasteiger charge is -2.56. The average Bonchev–Trinajstić information content (AvgIpc) is 3.17. The Morgan fingerprint density at radius 1 is 0.714 bits per heavy atom. The molecule has 7 rings (SSSR count). The topological polar surface area (TPSA) is 87.6 Å². The second-order valence-corrected chi connectivity index (χ2v) is 14.2. The summed E-state index contributed by atoms with van der Waals surface area (Å²) in [5.41, 5.74) is 3.28. The van der Waals surface area contributed by atoms with Crippen LogP contribution in [0.25, 0.3) is 0 Å². The first-order valence-corrected chi connectivity index (χ1v) is 16.8. The quantitative estimate of drug-likeness (QED) is 0.457. The Labute approximate surface area is 250 Å². The van der Waals surface area contributed by atoms with E-state index in [0.29, 0.717) is 24.7 Å². The van der Waals surface area contributed by atoms with Crippen LogP contribution < -0.4 is 9.80 Å². The van der Waals surface area contributed by atoms with Crippen molar-refractivity contribution in [2.75, 3.05) is 36.0 Å². The maximum atomic E-state index is 12.2. The molecule has 2 saturated carbocycles. The van der Waals surface area contributed by atoms with E-state index in [0.717, 1.165) is 67.3 Å². The fourth-order valence-corrected chi connectivity index (χ4v) is 10.0. The Morgan fingerprint density at radius 3 is 2.05 bits per heavy atom. The van der Waals surface area contributed by atoms with Gasteiger partial charge < -0.3 is 20.0 Å². The zero-order chi connectivity index (χ0) is 28.8.